The van der Waals surface area contributed by atoms with Crippen LogP contribution < -0.4 is 4.74 Å². The molecule has 0 aliphatic carbocycles. The number of amides is 1. The predicted octanol–water partition coefficient (Wildman–Crippen LogP) is 2.27. The summed E-state index contributed by atoms with van der Waals surface area (Å²) in [5.74, 6) is -1.44. The first kappa shape index (κ1) is 25.3. The van der Waals surface area contributed by atoms with Gasteiger partial charge in [-0.25, -0.2) is 13.5 Å². The Morgan fingerprint density at radius 2 is 1.95 bits per heavy atom. The van der Waals surface area contributed by atoms with Crippen LogP contribution in [0.2, 0.25) is 0 Å². The van der Waals surface area contributed by atoms with E-state index in [1.807, 2.05) is 0 Å². The Morgan fingerprint density at radius 1 is 1.13 bits per heavy atom. The molecule has 0 spiro atoms. The molecule has 6 rings (SSSR count). The van der Waals surface area contributed by atoms with Crippen molar-refractivity contribution in [1.82, 2.24) is 35.0 Å². The molecule has 4 heterocycles. The van der Waals surface area contributed by atoms with Gasteiger partial charge in [0.2, 0.25) is 0 Å². The molecule has 204 valence electrons. The van der Waals surface area contributed by atoms with E-state index in [0.717, 1.165) is 13.1 Å². The number of carbonyl (C=O) groups is 1. The number of fused-ring (bicyclic) bond motifs is 1. The second kappa shape index (κ2) is 10.7. The third-order valence-electron chi connectivity index (χ3n) is 7.06. The van der Waals surface area contributed by atoms with Gasteiger partial charge in [0.05, 0.1) is 42.8 Å². The van der Waals surface area contributed by atoms with Crippen LogP contribution in [0, 0.1) is 11.6 Å². The van der Waals surface area contributed by atoms with Gasteiger partial charge in [-0.3, -0.25) is 14.8 Å². The zero-order valence-electron chi connectivity index (χ0n) is 21.3. The molecular formula is C26H27F2N7O4. The topological polar surface area (TPSA) is 111 Å². The Hall–Kier alpha value is -3.94. The Labute approximate surface area is 222 Å². The van der Waals surface area contributed by atoms with Gasteiger partial charge >= 0.3 is 0 Å². The standard InChI is InChI=1S/C26H27F2N7O4/c1-37-8-9-39-24-12-22-19(11-21(24)28)25(31-29-22)23-15-35(32-30-23)16-2-3-18(20(27)10-16)26(36)34-13-17(14-34)33-4-6-38-7-5-33/h2-3,10-12,15,17H,4-9,13-14H2,1H3,(H,29,31). The van der Waals surface area contributed by atoms with Crippen molar-refractivity contribution >= 4 is 16.8 Å². The van der Waals surface area contributed by atoms with Crippen LogP contribution in [0.5, 0.6) is 5.75 Å². The van der Waals surface area contributed by atoms with Gasteiger partial charge in [0.15, 0.2) is 11.6 Å². The highest BCUT2D eigenvalue weighted by atomic mass is 19.1. The second-order valence-electron chi connectivity index (χ2n) is 9.47. The minimum atomic E-state index is -0.641. The largest absolute Gasteiger partial charge is 0.488 e. The molecule has 39 heavy (non-hydrogen) atoms. The van der Waals surface area contributed by atoms with Crippen LogP contribution in [-0.4, -0.2) is 107 Å². The number of nitrogens with one attached hydrogen (secondary N) is 1. The van der Waals surface area contributed by atoms with Crippen LogP contribution >= 0.6 is 0 Å². The number of likely N-dealkylation sites (tertiary alicyclic amines) is 1. The van der Waals surface area contributed by atoms with Crippen LogP contribution in [0.3, 0.4) is 0 Å². The molecule has 11 nitrogen and oxygen atoms in total. The third kappa shape index (κ3) is 4.95. The van der Waals surface area contributed by atoms with Gasteiger partial charge < -0.3 is 19.1 Å². The normalized spacial score (nSPS) is 16.5. The van der Waals surface area contributed by atoms with E-state index in [4.69, 9.17) is 14.2 Å². The SMILES string of the molecule is COCCOc1cc2[nH]nc(-c3cn(-c4ccc(C(=O)N5CC(N6CCOCC6)C5)c(F)c4)nn3)c2cc1F. The molecule has 2 aromatic carbocycles. The van der Waals surface area contributed by atoms with Gasteiger partial charge in [-0.15, -0.1) is 5.10 Å². The first-order valence-corrected chi connectivity index (χ1v) is 12.6. The average Bonchev–Trinajstić information content (AvgIpc) is 3.56. The number of hydrogen-bond donors (Lipinski definition) is 1. The van der Waals surface area contributed by atoms with Crippen molar-refractivity contribution in [1.29, 1.82) is 0 Å². The van der Waals surface area contributed by atoms with Crippen molar-refractivity contribution in [2.75, 3.05) is 59.7 Å². The van der Waals surface area contributed by atoms with Gasteiger partial charge in [-0.05, 0) is 18.2 Å². The van der Waals surface area contributed by atoms with Crippen molar-refractivity contribution in [3.63, 3.8) is 0 Å². The molecule has 1 amide bonds. The monoisotopic (exact) mass is 539 g/mol. The number of carbonyl (C=O) groups excluding carboxylic acids is 1. The van der Waals surface area contributed by atoms with E-state index >= 15 is 4.39 Å². The molecule has 2 aliphatic heterocycles. The smallest absolute Gasteiger partial charge is 0.256 e. The molecule has 2 saturated heterocycles. The Kier molecular flexibility index (Phi) is 6.94. The molecule has 0 atom stereocenters. The van der Waals surface area contributed by atoms with Crippen molar-refractivity contribution in [3.8, 4) is 22.8 Å². The zero-order valence-corrected chi connectivity index (χ0v) is 21.3. The van der Waals surface area contributed by atoms with Gasteiger partial charge in [-0.1, -0.05) is 5.21 Å². The summed E-state index contributed by atoms with van der Waals surface area (Å²) in [6.45, 7) is 4.79. The maximum Gasteiger partial charge on any atom is 0.256 e. The quantitative estimate of drug-likeness (QED) is 0.340. The number of morpholine rings is 1. The lowest BCUT2D eigenvalue weighted by atomic mass is 10.0. The summed E-state index contributed by atoms with van der Waals surface area (Å²) < 4.78 is 46.7. The molecular weight excluding hydrogens is 512 g/mol. The molecule has 1 N–H and O–H groups in total. The summed E-state index contributed by atoms with van der Waals surface area (Å²) in [6.07, 6.45) is 1.56. The van der Waals surface area contributed by atoms with Crippen LogP contribution in [-0.2, 0) is 9.47 Å². The fourth-order valence-corrected chi connectivity index (χ4v) is 4.84. The van der Waals surface area contributed by atoms with Crippen molar-refractivity contribution < 1.29 is 27.8 Å². The number of benzene rings is 2. The predicted molar refractivity (Wildman–Crippen MR) is 136 cm³/mol. The Morgan fingerprint density at radius 3 is 2.72 bits per heavy atom. The summed E-state index contributed by atoms with van der Waals surface area (Å²) >= 11 is 0. The number of aromatic nitrogens is 5. The highest BCUT2D eigenvalue weighted by molar-refractivity contribution is 5.95. The molecule has 4 aromatic rings. The van der Waals surface area contributed by atoms with Crippen LogP contribution in [0.15, 0.2) is 36.5 Å². The summed E-state index contributed by atoms with van der Waals surface area (Å²) in [5.41, 5.74) is 1.71. The number of rotatable bonds is 8. The molecule has 0 radical (unpaired) electrons. The second-order valence-corrected chi connectivity index (χ2v) is 9.47. The minimum Gasteiger partial charge on any atom is -0.488 e. The molecule has 0 bridgehead atoms. The number of H-pyrrole nitrogens is 1. The maximum absolute atomic E-state index is 15.0. The van der Waals surface area contributed by atoms with E-state index in [9.17, 15) is 9.18 Å². The first-order chi connectivity index (χ1) is 19.0. The van der Waals surface area contributed by atoms with Gasteiger partial charge in [0, 0.05) is 56.8 Å². The fourth-order valence-electron chi connectivity index (χ4n) is 4.84. The molecule has 13 heteroatoms. The highest BCUT2D eigenvalue weighted by Gasteiger charge is 2.36. The van der Waals surface area contributed by atoms with Gasteiger partial charge in [0.25, 0.3) is 5.91 Å². The number of halogens is 2. The average molecular weight is 540 g/mol. The first-order valence-electron chi connectivity index (χ1n) is 12.6. The van der Waals surface area contributed by atoms with E-state index in [-0.39, 0.29) is 29.9 Å². The summed E-state index contributed by atoms with van der Waals surface area (Å²) in [6, 6.07) is 7.44. The molecule has 0 saturated carbocycles. The van der Waals surface area contributed by atoms with Crippen LogP contribution in [0.4, 0.5) is 8.78 Å². The lowest BCUT2D eigenvalue weighted by Crippen LogP contribution is -2.62. The molecule has 2 fully saturated rings. The van der Waals surface area contributed by atoms with Crippen LogP contribution in [0.1, 0.15) is 10.4 Å². The number of aromatic amines is 1. The molecule has 2 aliphatic rings. The number of methoxy groups -OCH3 is 1. The lowest BCUT2D eigenvalue weighted by Gasteiger charge is -2.46. The summed E-state index contributed by atoms with van der Waals surface area (Å²) in [7, 11) is 1.54. The number of nitrogens with zero attached hydrogens (tertiary/aromatic N) is 6. The Balaban J connectivity index is 1.16. The fraction of sp³-hybridized carbons (Fsp3) is 0.385. The number of hydrogen-bond acceptors (Lipinski definition) is 8. The lowest BCUT2D eigenvalue weighted by molar-refractivity contribution is -0.0257. The van der Waals surface area contributed by atoms with E-state index in [0.29, 0.717) is 60.9 Å². The Bertz CT molecular complexity index is 1490. The van der Waals surface area contributed by atoms with E-state index in [2.05, 4.69) is 25.4 Å². The van der Waals surface area contributed by atoms with Crippen molar-refractivity contribution in [3.05, 3.63) is 53.7 Å². The molecule has 2 aromatic heterocycles. The van der Waals surface area contributed by atoms with Gasteiger partial charge in [-0.2, -0.15) is 5.10 Å². The van der Waals surface area contributed by atoms with Crippen molar-refractivity contribution in [2.24, 2.45) is 0 Å². The zero-order chi connectivity index (χ0) is 26.9. The highest BCUT2D eigenvalue weighted by Crippen LogP contribution is 2.30. The van der Waals surface area contributed by atoms with E-state index in [1.54, 1.807) is 17.2 Å². The minimum absolute atomic E-state index is 0.0109. The van der Waals surface area contributed by atoms with E-state index in [1.165, 1.54) is 36.1 Å². The van der Waals surface area contributed by atoms with Gasteiger partial charge in [0.1, 0.15) is 23.8 Å². The summed E-state index contributed by atoms with van der Waals surface area (Å²) in [5, 5.41) is 15.8. The maximum atomic E-state index is 15.0. The third-order valence-corrected chi connectivity index (χ3v) is 7.06. The van der Waals surface area contributed by atoms with E-state index < -0.39 is 11.6 Å². The summed E-state index contributed by atoms with van der Waals surface area (Å²) in [4.78, 5) is 16.8. The van der Waals surface area contributed by atoms with Crippen molar-refractivity contribution in [2.45, 2.75) is 6.04 Å². The molecule has 0 unspecified atom stereocenters. The van der Waals surface area contributed by atoms with Crippen LogP contribution in [0.25, 0.3) is 28.0 Å². The number of ether oxygens (including phenoxy) is 3.